The number of anilines is 1. The average Bonchev–Trinajstić information content (AvgIpc) is 3.32. The number of aromatic nitrogens is 2. The Bertz CT molecular complexity index is 707. The molecule has 0 spiro atoms. The van der Waals surface area contributed by atoms with Crippen LogP contribution in [0, 0.1) is 11.3 Å². The second kappa shape index (κ2) is 7.60. The first-order valence-corrected chi connectivity index (χ1v) is 10.3. The van der Waals surface area contributed by atoms with E-state index in [-0.39, 0.29) is 12.0 Å². The fourth-order valence-electron chi connectivity index (χ4n) is 4.45. The van der Waals surface area contributed by atoms with Crippen molar-refractivity contribution in [2.75, 3.05) is 44.6 Å². The normalized spacial score (nSPS) is 26.3. The van der Waals surface area contributed by atoms with E-state index in [1.807, 2.05) is 19.3 Å². The lowest BCUT2D eigenvalue weighted by Crippen LogP contribution is -2.36. The second-order valence-corrected chi connectivity index (χ2v) is 8.41. The number of hydrogen-bond acceptors (Lipinski definition) is 7. The van der Waals surface area contributed by atoms with Crippen LogP contribution >= 0.6 is 11.3 Å². The summed E-state index contributed by atoms with van der Waals surface area (Å²) in [5, 5.41) is 17.7. The standard InChI is InChI=1S/C19H27N5OS/c1-2-20-18-21-5-16(6-22-18)8-24-10-17-9-23(7-15-3-4-26-11-15)12-19(17,13-24)14-25/h3-6,11,17,25H,2,7-10,12-14H2,1H3,(H,20,21,22). The minimum Gasteiger partial charge on any atom is -0.396 e. The Kier molecular flexibility index (Phi) is 5.22. The number of aliphatic hydroxyl groups excluding tert-OH is 1. The highest BCUT2D eigenvalue weighted by molar-refractivity contribution is 7.07. The van der Waals surface area contributed by atoms with E-state index >= 15 is 0 Å². The van der Waals surface area contributed by atoms with Crippen LogP contribution in [0.15, 0.2) is 29.2 Å². The molecular weight excluding hydrogens is 346 g/mol. The van der Waals surface area contributed by atoms with Gasteiger partial charge in [-0.2, -0.15) is 11.3 Å². The second-order valence-electron chi connectivity index (χ2n) is 7.63. The maximum atomic E-state index is 10.2. The third-order valence-electron chi connectivity index (χ3n) is 5.65. The minimum atomic E-state index is 0.0145. The molecule has 2 aromatic heterocycles. The van der Waals surface area contributed by atoms with Gasteiger partial charge in [-0.1, -0.05) is 0 Å². The molecule has 2 aromatic rings. The van der Waals surface area contributed by atoms with E-state index in [2.05, 4.69) is 41.9 Å². The predicted molar refractivity (Wildman–Crippen MR) is 104 cm³/mol. The van der Waals surface area contributed by atoms with Crippen molar-refractivity contribution in [3.8, 4) is 0 Å². The summed E-state index contributed by atoms with van der Waals surface area (Å²) in [6.07, 6.45) is 3.82. The highest BCUT2D eigenvalue weighted by Gasteiger charge is 2.51. The largest absolute Gasteiger partial charge is 0.396 e. The summed E-state index contributed by atoms with van der Waals surface area (Å²) in [7, 11) is 0. The highest BCUT2D eigenvalue weighted by atomic mass is 32.1. The molecule has 2 fully saturated rings. The third kappa shape index (κ3) is 3.62. The lowest BCUT2D eigenvalue weighted by atomic mass is 9.82. The smallest absolute Gasteiger partial charge is 0.222 e. The molecule has 0 radical (unpaired) electrons. The summed E-state index contributed by atoms with van der Waals surface area (Å²) in [6, 6.07) is 2.20. The zero-order valence-corrected chi connectivity index (χ0v) is 16.1. The number of likely N-dealkylation sites (tertiary alicyclic amines) is 2. The molecule has 6 nitrogen and oxygen atoms in total. The van der Waals surface area contributed by atoms with Crippen LogP contribution in [0.3, 0.4) is 0 Å². The van der Waals surface area contributed by atoms with E-state index < -0.39 is 0 Å². The van der Waals surface area contributed by atoms with Gasteiger partial charge in [-0.05, 0) is 35.2 Å². The quantitative estimate of drug-likeness (QED) is 0.773. The zero-order valence-electron chi connectivity index (χ0n) is 15.3. The van der Waals surface area contributed by atoms with Gasteiger partial charge >= 0.3 is 0 Å². The van der Waals surface area contributed by atoms with Crippen molar-refractivity contribution in [2.24, 2.45) is 11.3 Å². The van der Waals surface area contributed by atoms with E-state index in [1.165, 1.54) is 5.56 Å². The van der Waals surface area contributed by atoms with Crippen LogP contribution in [-0.4, -0.2) is 64.2 Å². The molecular formula is C19H27N5OS. The molecule has 0 aliphatic carbocycles. The first kappa shape index (κ1) is 17.9. The Morgan fingerprint density at radius 3 is 2.42 bits per heavy atom. The molecule has 0 aromatic carbocycles. The molecule has 2 atom stereocenters. The van der Waals surface area contributed by atoms with E-state index in [1.54, 1.807) is 11.3 Å². The van der Waals surface area contributed by atoms with Crippen LogP contribution in [0.25, 0.3) is 0 Å². The van der Waals surface area contributed by atoms with E-state index in [4.69, 9.17) is 0 Å². The molecule has 2 N–H and O–H groups in total. The van der Waals surface area contributed by atoms with Gasteiger partial charge in [0.1, 0.15) is 0 Å². The monoisotopic (exact) mass is 373 g/mol. The Morgan fingerprint density at radius 1 is 1.19 bits per heavy atom. The van der Waals surface area contributed by atoms with Gasteiger partial charge in [-0.3, -0.25) is 9.80 Å². The van der Waals surface area contributed by atoms with Gasteiger partial charge < -0.3 is 10.4 Å². The summed E-state index contributed by atoms with van der Waals surface area (Å²) in [6.45, 7) is 9.03. The van der Waals surface area contributed by atoms with E-state index in [0.29, 0.717) is 11.9 Å². The number of rotatable bonds is 7. The maximum Gasteiger partial charge on any atom is 0.222 e. The first-order valence-electron chi connectivity index (χ1n) is 9.32. The zero-order chi connectivity index (χ0) is 18.0. The van der Waals surface area contributed by atoms with E-state index in [0.717, 1.165) is 51.4 Å². The van der Waals surface area contributed by atoms with Crippen LogP contribution < -0.4 is 5.32 Å². The minimum absolute atomic E-state index is 0.0145. The van der Waals surface area contributed by atoms with Crippen LogP contribution in [0.1, 0.15) is 18.1 Å². The number of nitrogens with one attached hydrogen (secondary N) is 1. The van der Waals surface area contributed by atoms with E-state index in [9.17, 15) is 5.11 Å². The topological polar surface area (TPSA) is 64.5 Å². The average molecular weight is 374 g/mol. The third-order valence-corrected chi connectivity index (χ3v) is 6.38. The molecule has 2 saturated heterocycles. The Balaban J connectivity index is 1.36. The summed E-state index contributed by atoms with van der Waals surface area (Å²) in [4.78, 5) is 13.7. The van der Waals surface area contributed by atoms with Crippen molar-refractivity contribution in [3.63, 3.8) is 0 Å². The van der Waals surface area contributed by atoms with Crippen molar-refractivity contribution in [3.05, 3.63) is 40.3 Å². The molecule has 0 saturated carbocycles. The van der Waals surface area contributed by atoms with Crippen molar-refractivity contribution in [1.29, 1.82) is 0 Å². The van der Waals surface area contributed by atoms with Gasteiger partial charge in [0, 0.05) is 69.2 Å². The van der Waals surface area contributed by atoms with Gasteiger partial charge in [0.25, 0.3) is 0 Å². The van der Waals surface area contributed by atoms with Gasteiger partial charge in [-0.25, -0.2) is 9.97 Å². The first-order chi connectivity index (χ1) is 12.7. The highest BCUT2D eigenvalue weighted by Crippen LogP contribution is 2.43. The molecule has 26 heavy (non-hydrogen) atoms. The van der Waals surface area contributed by atoms with Crippen LogP contribution in [-0.2, 0) is 13.1 Å². The van der Waals surface area contributed by atoms with Gasteiger partial charge in [0.15, 0.2) is 0 Å². The van der Waals surface area contributed by atoms with Crippen molar-refractivity contribution in [2.45, 2.75) is 20.0 Å². The van der Waals surface area contributed by atoms with Crippen LogP contribution in [0.5, 0.6) is 0 Å². The summed E-state index contributed by atoms with van der Waals surface area (Å²) >= 11 is 1.75. The number of aliphatic hydroxyl groups is 1. The Hall–Kier alpha value is -1.54. The molecule has 0 bridgehead atoms. The van der Waals surface area contributed by atoms with Crippen molar-refractivity contribution < 1.29 is 5.11 Å². The molecule has 4 rings (SSSR count). The predicted octanol–water partition coefficient (Wildman–Crippen LogP) is 1.90. The molecule has 2 unspecified atom stereocenters. The summed E-state index contributed by atoms with van der Waals surface area (Å²) in [5.41, 5.74) is 2.54. The van der Waals surface area contributed by atoms with Crippen molar-refractivity contribution in [1.82, 2.24) is 19.8 Å². The fraction of sp³-hybridized carbons (Fsp3) is 0.579. The molecule has 4 heterocycles. The maximum absolute atomic E-state index is 10.2. The molecule has 2 aliphatic heterocycles. The number of thiophene rings is 1. The van der Waals surface area contributed by atoms with Gasteiger partial charge in [0.2, 0.25) is 5.95 Å². The summed E-state index contributed by atoms with van der Waals surface area (Å²) in [5.74, 6) is 1.22. The number of nitrogens with zero attached hydrogens (tertiary/aromatic N) is 4. The summed E-state index contributed by atoms with van der Waals surface area (Å²) < 4.78 is 0. The number of fused-ring (bicyclic) bond motifs is 1. The lowest BCUT2D eigenvalue weighted by Gasteiger charge is -2.27. The molecule has 2 aliphatic rings. The molecule has 140 valence electrons. The Labute approximate surface area is 158 Å². The van der Waals surface area contributed by atoms with Crippen molar-refractivity contribution >= 4 is 17.3 Å². The van der Waals surface area contributed by atoms with Crippen LogP contribution in [0.2, 0.25) is 0 Å². The fourth-order valence-corrected chi connectivity index (χ4v) is 5.11. The lowest BCUT2D eigenvalue weighted by molar-refractivity contribution is 0.110. The Morgan fingerprint density at radius 2 is 1.88 bits per heavy atom. The van der Waals surface area contributed by atoms with Gasteiger partial charge in [-0.15, -0.1) is 0 Å². The number of hydrogen-bond donors (Lipinski definition) is 2. The molecule has 0 amide bonds. The van der Waals surface area contributed by atoms with Crippen LogP contribution in [0.4, 0.5) is 5.95 Å². The van der Waals surface area contributed by atoms with Gasteiger partial charge in [0.05, 0.1) is 6.61 Å². The SMILES string of the molecule is CCNc1ncc(CN2CC3CN(Cc4ccsc4)CC3(CO)C2)cn1. The molecule has 7 heteroatoms.